The topological polar surface area (TPSA) is 50.3 Å². The molecular formula is C16H18N2O2. The Bertz CT molecular complexity index is 553. The van der Waals surface area contributed by atoms with Gasteiger partial charge in [-0.05, 0) is 30.5 Å². The van der Waals surface area contributed by atoms with Gasteiger partial charge in [0.25, 0.3) is 11.8 Å². The third kappa shape index (κ3) is 2.54. The summed E-state index contributed by atoms with van der Waals surface area (Å²) in [5.41, 5.74) is 1.68. The number of carbonyl (C=O) groups is 2. The first kappa shape index (κ1) is 14.2. The second kappa shape index (κ2) is 6.28. The summed E-state index contributed by atoms with van der Waals surface area (Å²) < 4.78 is 0. The van der Waals surface area contributed by atoms with Crippen molar-refractivity contribution in [2.45, 2.75) is 26.7 Å². The zero-order valence-corrected chi connectivity index (χ0v) is 11.8. The number of imide groups is 1. The van der Waals surface area contributed by atoms with Crippen molar-refractivity contribution in [3.8, 4) is 0 Å². The van der Waals surface area contributed by atoms with E-state index < -0.39 is 0 Å². The molecule has 0 saturated carbocycles. The molecule has 104 valence electrons. The van der Waals surface area contributed by atoms with Gasteiger partial charge in [0.2, 0.25) is 0 Å². The highest BCUT2D eigenvalue weighted by Gasteiger charge is 2.36. The maximum absolute atomic E-state index is 12.1. The van der Waals surface area contributed by atoms with Crippen LogP contribution in [0.3, 0.4) is 0 Å². The summed E-state index contributed by atoms with van der Waals surface area (Å²) in [5, 5.41) is 0. The Labute approximate surface area is 118 Å². The number of allylic oxidation sites excluding steroid dienone is 2. The molecule has 0 spiro atoms. The van der Waals surface area contributed by atoms with E-state index in [4.69, 9.17) is 0 Å². The largest absolute Gasteiger partial charge is 0.280 e. The maximum atomic E-state index is 12.1. The molecule has 2 aliphatic rings. The quantitative estimate of drug-likeness (QED) is 0.776. The summed E-state index contributed by atoms with van der Waals surface area (Å²) in [6.07, 6.45) is 9.62. The molecular weight excluding hydrogens is 252 g/mol. The van der Waals surface area contributed by atoms with Gasteiger partial charge in [-0.15, -0.1) is 0 Å². The van der Waals surface area contributed by atoms with Gasteiger partial charge in [-0.3, -0.25) is 19.5 Å². The van der Waals surface area contributed by atoms with E-state index >= 15 is 0 Å². The average molecular weight is 270 g/mol. The molecule has 0 unspecified atom stereocenters. The summed E-state index contributed by atoms with van der Waals surface area (Å²) in [6, 6.07) is 3.32. The van der Waals surface area contributed by atoms with Gasteiger partial charge in [0, 0.05) is 6.20 Å². The predicted octanol–water partition coefficient (Wildman–Crippen LogP) is 2.98. The Kier molecular flexibility index (Phi) is 4.45. The summed E-state index contributed by atoms with van der Waals surface area (Å²) >= 11 is 0. The summed E-state index contributed by atoms with van der Waals surface area (Å²) in [6.45, 7) is 4.34. The van der Waals surface area contributed by atoms with Crippen LogP contribution in [0.2, 0.25) is 0 Å². The number of carbonyl (C=O) groups excluding carboxylic acids is 2. The molecule has 3 rings (SSSR count). The molecule has 0 saturated heterocycles. The smallest absolute Gasteiger partial charge is 0.268 e. The van der Waals surface area contributed by atoms with Crippen molar-refractivity contribution in [2.24, 2.45) is 0 Å². The fourth-order valence-electron chi connectivity index (χ4n) is 2.22. The predicted molar refractivity (Wildman–Crippen MR) is 77.4 cm³/mol. The number of fused-ring (bicyclic) bond motifs is 1. The molecule has 1 aliphatic carbocycles. The summed E-state index contributed by atoms with van der Waals surface area (Å²) in [7, 11) is 0. The Morgan fingerprint density at radius 3 is 2.65 bits per heavy atom. The lowest BCUT2D eigenvalue weighted by Crippen LogP contribution is -2.31. The zero-order valence-electron chi connectivity index (χ0n) is 11.8. The molecule has 0 fully saturated rings. The minimum absolute atomic E-state index is 0.247. The molecule has 4 nitrogen and oxygen atoms in total. The molecule has 2 amide bonds. The molecule has 0 N–H and O–H groups in total. The van der Waals surface area contributed by atoms with Crippen LogP contribution in [0.15, 0.2) is 42.1 Å². The number of pyridine rings is 1. The average Bonchev–Trinajstić information content (AvgIpc) is 2.76. The van der Waals surface area contributed by atoms with Crippen molar-refractivity contribution in [1.29, 1.82) is 0 Å². The van der Waals surface area contributed by atoms with Gasteiger partial charge in [0.05, 0.1) is 12.1 Å². The van der Waals surface area contributed by atoms with Crippen LogP contribution in [0.5, 0.6) is 0 Å². The van der Waals surface area contributed by atoms with Crippen LogP contribution >= 0.6 is 0 Å². The standard InChI is InChI=1S/C14H12N2O2.C2H6/c17-13-11-7-4-8-15-12(11)14(18)16(13)9-10-5-2-1-3-6-10;1-2/h2,4-8H,1,3,9H2;1-2H3. The van der Waals surface area contributed by atoms with Crippen molar-refractivity contribution in [3.63, 3.8) is 0 Å². The minimum atomic E-state index is -0.296. The summed E-state index contributed by atoms with van der Waals surface area (Å²) in [5.74, 6) is -0.543. The number of amides is 2. The van der Waals surface area contributed by atoms with Crippen molar-refractivity contribution >= 4 is 11.8 Å². The zero-order chi connectivity index (χ0) is 14.5. The van der Waals surface area contributed by atoms with Gasteiger partial charge in [0.1, 0.15) is 5.69 Å². The number of hydrogen-bond acceptors (Lipinski definition) is 3. The lowest BCUT2D eigenvalue weighted by atomic mass is 10.1. The molecule has 0 atom stereocenters. The number of nitrogens with zero attached hydrogens (tertiary/aromatic N) is 2. The molecule has 1 aliphatic heterocycles. The molecule has 1 aromatic rings. The van der Waals surface area contributed by atoms with Gasteiger partial charge >= 0.3 is 0 Å². The van der Waals surface area contributed by atoms with Crippen LogP contribution in [0, 0.1) is 0 Å². The second-order valence-electron chi connectivity index (χ2n) is 4.35. The van der Waals surface area contributed by atoms with E-state index in [2.05, 4.69) is 17.1 Å². The lowest BCUT2D eigenvalue weighted by Gasteiger charge is -2.15. The van der Waals surface area contributed by atoms with E-state index in [1.54, 1.807) is 12.1 Å². The first-order chi connectivity index (χ1) is 9.77. The lowest BCUT2D eigenvalue weighted by molar-refractivity contribution is 0.0667. The molecule has 0 aromatic carbocycles. The van der Waals surface area contributed by atoms with E-state index in [1.807, 2.05) is 19.9 Å². The Morgan fingerprint density at radius 1 is 1.20 bits per heavy atom. The van der Waals surface area contributed by atoms with Gasteiger partial charge in [-0.25, -0.2) is 0 Å². The van der Waals surface area contributed by atoms with Crippen LogP contribution in [0.25, 0.3) is 0 Å². The highest BCUT2D eigenvalue weighted by molar-refractivity contribution is 6.20. The van der Waals surface area contributed by atoms with Gasteiger partial charge in [0.15, 0.2) is 0 Å². The molecule has 0 bridgehead atoms. The fourth-order valence-corrected chi connectivity index (χ4v) is 2.22. The van der Waals surface area contributed by atoms with Crippen molar-refractivity contribution in [3.05, 3.63) is 53.4 Å². The third-order valence-corrected chi connectivity index (χ3v) is 3.14. The van der Waals surface area contributed by atoms with Crippen molar-refractivity contribution in [1.82, 2.24) is 9.88 Å². The van der Waals surface area contributed by atoms with Crippen molar-refractivity contribution < 1.29 is 9.59 Å². The Balaban J connectivity index is 0.000000704. The third-order valence-electron chi connectivity index (χ3n) is 3.14. The SMILES string of the molecule is CC.O=C1c2cccnc2C(=O)N1CC1=CCCC=C1. The molecule has 0 radical (unpaired) electrons. The first-order valence-electron chi connectivity index (χ1n) is 6.94. The van der Waals surface area contributed by atoms with Gasteiger partial charge < -0.3 is 0 Å². The highest BCUT2D eigenvalue weighted by Crippen LogP contribution is 2.22. The normalized spacial score (nSPS) is 16.5. The monoisotopic (exact) mass is 270 g/mol. The molecule has 2 heterocycles. The van der Waals surface area contributed by atoms with E-state index in [9.17, 15) is 9.59 Å². The van der Waals surface area contributed by atoms with Gasteiger partial charge in [-0.2, -0.15) is 0 Å². The number of hydrogen-bond donors (Lipinski definition) is 0. The fraction of sp³-hybridized carbons (Fsp3) is 0.312. The first-order valence-corrected chi connectivity index (χ1v) is 6.94. The van der Waals surface area contributed by atoms with Crippen LogP contribution in [-0.2, 0) is 0 Å². The second-order valence-corrected chi connectivity index (χ2v) is 4.35. The van der Waals surface area contributed by atoms with Crippen LogP contribution in [-0.4, -0.2) is 28.2 Å². The number of rotatable bonds is 2. The Morgan fingerprint density at radius 2 is 2.00 bits per heavy atom. The minimum Gasteiger partial charge on any atom is -0.268 e. The van der Waals surface area contributed by atoms with Crippen LogP contribution in [0.4, 0.5) is 0 Å². The summed E-state index contributed by atoms with van der Waals surface area (Å²) in [4.78, 5) is 29.4. The van der Waals surface area contributed by atoms with Crippen LogP contribution in [0.1, 0.15) is 47.5 Å². The molecule has 4 heteroatoms. The van der Waals surface area contributed by atoms with Crippen molar-refractivity contribution in [2.75, 3.05) is 6.54 Å². The van der Waals surface area contributed by atoms with Crippen LogP contribution < -0.4 is 0 Å². The molecule has 20 heavy (non-hydrogen) atoms. The van der Waals surface area contributed by atoms with E-state index in [-0.39, 0.29) is 17.5 Å². The highest BCUT2D eigenvalue weighted by atomic mass is 16.2. The van der Waals surface area contributed by atoms with Gasteiger partial charge in [-0.1, -0.05) is 32.1 Å². The van der Waals surface area contributed by atoms with E-state index in [0.29, 0.717) is 12.1 Å². The molecule has 1 aromatic heterocycles. The Hall–Kier alpha value is -2.23. The van der Waals surface area contributed by atoms with E-state index in [1.165, 1.54) is 11.1 Å². The maximum Gasteiger partial charge on any atom is 0.280 e. The van der Waals surface area contributed by atoms with E-state index in [0.717, 1.165) is 18.4 Å². The number of aromatic nitrogens is 1.